The van der Waals surface area contributed by atoms with Gasteiger partial charge < -0.3 is 10.3 Å². The number of H-pyrrole nitrogens is 1. The van der Waals surface area contributed by atoms with Gasteiger partial charge in [-0.1, -0.05) is 24.6 Å². The van der Waals surface area contributed by atoms with Crippen molar-refractivity contribution >= 4 is 28.1 Å². The van der Waals surface area contributed by atoms with E-state index < -0.39 is 0 Å². The summed E-state index contributed by atoms with van der Waals surface area (Å²) in [4.78, 5) is 22.6. The molecule has 1 aliphatic rings. The SMILES string of the molecule is O=C(Cc1csc(CN2CCCCC2)n1)NCCc1c[nH]c2ccccc12. The van der Waals surface area contributed by atoms with Crippen molar-refractivity contribution in [3.63, 3.8) is 0 Å². The van der Waals surface area contributed by atoms with Crippen LogP contribution in [0.25, 0.3) is 10.9 Å². The average Bonchev–Trinajstić information content (AvgIpc) is 3.30. The summed E-state index contributed by atoms with van der Waals surface area (Å²) in [6.07, 6.45) is 7.15. The Morgan fingerprint density at radius 2 is 2.07 bits per heavy atom. The van der Waals surface area contributed by atoms with Gasteiger partial charge in [0.1, 0.15) is 5.01 Å². The van der Waals surface area contributed by atoms with Crippen LogP contribution in [0.15, 0.2) is 35.8 Å². The number of hydrogen-bond acceptors (Lipinski definition) is 4. The number of carbonyl (C=O) groups is 1. The van der Waals surface area contributed by atoms with Crippen LogP contribution < -0.4 is 5.32 Å². The molecule has 2 N–H and O–H groups in total. The lowest BCUT2D eigenvalue weighted by atomic mass is 10.1. The zero-order valence-electron chi connectivity index (χ0n) is 15.5. The van der Waals surface area contributed by atoms with E-state index in [0.29, 0.717) is 13.0 Å². The van der Waals surface area contributed by atoms with E-state index >= 15 is 0 Å². The lowest BCUT2D eigenvalue weighted by Gasteiger charge is -2.25. The molecule has 2 aromatic heterocycles. The number of aromatic amines is 1. The van der Waals surface area contributed by atoms with Crippen molar-refractivity contribution < 1.29 is 4.79 Å². The van der Waals surface area contributed by atoms with E-state index in [0.717, 1.165) is 29.2 Å². The molecule has 1 saturated heterocycles. The summed E-state index contributed by atoms with van der Waals surface area (Å²) >= 11 is 1.67. The van der Waals surface area contributed by atoms with Crippen molar-refractivity contribution in [2.75, 3.05) is 19.6 Å². The van der Waals surface area contributed by atoms with Gasteiger partial charge in [-0.3, -0.25) is 9.69 Å². The lowest BCUT2D eigenvalue weighted by Crippen LogP contribution is -2.29. The maximum atomic E-state index is 12.2. The summed E-state index contributed by atoms with van der Waals surface area (Å²) in [5.74, 6) is 0.0460. The molecule has 6 heteroatoms. The number of piperidine rings is 1. The van der Waals surface area contributed by atoms with Crippen LogP contribution in [0.1, 0.15) is 35.5 Å². The quantitative estimate of drug-likeness (QED) is 0.657. The third-order valence-electron chi connectivity index (χ3n) is 5.14. The first-order chi connectivity index (χ1) is 13.3. The van der Waals surface area contributed by atoms with Crippen LogP contribution in [0.5, 0.6) is 0 Å². The molecule has 0 unspecified atom stereocenters. The highest BCUT2D eigenvalue weighted by Gasteiger charge is 2.13. The van der Waals surface area contributed by atoms with Gasteiger partial charge in [0, 0.05) is 29.0 Å². The number of nitrogens with zero attached hydrogens (tertiary/aromatic N) is 2. The van der Waals surface area contributed by atoms with Gasteiger partial charge in [-0.25, -0.2) is 4.98 Å². The minimum atomic E-state index is 0.0460. The Kier molecular flexibility index (Phi) is 5.84. The van der Waals surface area contributed by atoms with Gasteiger partial charge in [0.25, 0.3) is 0 Å². The molecule has 1 aromatic carbocycles. The van der Waals surface area contributed by atoms with E-state index in [1.807, 2.05) is 23.7 Å². The molecule has 3 aromatic rings. The Bertz CT molecular complexity index is 894. The topological polar surface area (TPSA) is 61.0 Å². The largest absolute Gasteiger partial charge is 0.361 e. The third kappa shape index (κ3) is 4.76. The first-order valence-corrected chi connectivity index (χ1v) is 10.6. The first-order valence-electron chi connectivity index (χ1n) is 9.75. The number of rotatable bonds is 7. The Labute approximate surface area is 163 Å². The van der Waals surface area contributed by atoms with Crippen molar-refractivity contribution in [1.29, 1.82) is 0 Å². The molecule has 1 fully saturated rings. The van der Waals surface area contributed by atoms with E-state index in [1.165, 1.54) is 43.3 Å². The van der Waals surface area contributed by atoms with Crippen molar-refractivity contribution in [2.45, 2.75) is 38.6 Å². The molecule has 0 radical (unpaired) electrons. The molecular weight excluding hydrogens is 356 g/mol. The van der Waals surface area contributed by atoms with E-state index in [4.69, 9.17) is 0 Å². The molecule has 0 bridgehead atoms. The van der Waals surface area contributed by atoms with Crippen LogP contribution in [0.3, 0.4) is 0 Å². The summed E-state index contributed by atoms with van der Waals surface area (Å²) in [5, 5.41) is 7.41. The Hall–Kier alpha value is -2.18. The molecular formula is C21H26N4OS. The van der Waals surface area contributed by atoms with Gasteiger partial charge in [0.05, 0.1) is 18.7 Å². The normalized spacial score (nSPS) is 15.3. The summed E-state index contributed by atoms with van der Waals surface area (Å²) in [7, 11) is 0. The van der Waals surface area contributed by atoms with Gasteiger partial charge in [-0.05, 0) is 44.0 Å². The highest BCUT2D eigenvalue weighted by Crippen LogP contribution is 2.18. The van der Waals surface area contributed by atoms with Crippen LogP contribution in [-0.4, -0.2) is 40.4 Å². The van der Waals surface area contributed by atoms with Crippen molar-refractivity contribution in [1.82, 2.24) is 20.2 Å². The summed E-state index contributed by atoms with van der Waals surface area (Å²) < 4.78 is 0. The van der Waals surface area contributed by atoms with Crippen LogP contribution >= 0.6 is 11.3 Å². The van der Waals surface area contributed by atoms with E-state index in [-0.39, 0.29) is 5.91 Å². The first kappa shape index (κ1) is 18.2. The summed E-state index contributed by atoms with van der Waals surface area (Å²) in [6.45, 7) is 3.91. The maximum Gasteiger partial charge on any atom is 0.226 e. The van der Waals surface area contributed by atoms with Crippen molar-refractivity contribution in [2.24, 2.45) is 0 Å². The van der Waals surface area contributed by atoms with Crippen LogP contribution in [-0.2, 0) is 24.2 Å². The minimum absolute atomic E-state index is 0.0460. The van der Waals surface area contributed by atoms with Gasteiger partial charge in [-0.2, -0.15) is 0 Å². The molecule has 27 heavy (non-hydrogen) atoms. The fourth-order valence-corrected chi connectivity index (χ4v) is 4.55. The van der Waals surface area contributed by atoms with E-state index in [1.54, 1.807) is 11.3 Å². The van der Waals surface area contributed by atoms with Gasteiger partial charge in [0.2, 0.25) is 5.91 Å². The Morgan fingerprint density at radius 3 is 2.96 bits per heavy atom. The second kappa shape index (κ2) is 8.67. The maximum absolute atomic E-state index is 12.2. The van der Waals surface area contributed by atoms with Crippen LogP contribution in [0.4, 0.5) is 0 Å². The number of fused-ring (bicyclic) bond motifs is 1. The van der Waals surface area contributed by atoms with Crippen molar-refractivity contribution in [3.8, 4) is 0 Å². The number of aromatic nitrogens is 2. The fourth-order valence-electron chi connectivity index (χ4n) is 3.71. The van der Waals surface area contributed by atoms with Crippen molar-refractivity contribution in [3.05, 3.63) is 52.1 Å². The van der Waals surface area contributed by atoms with Crippen LogP contribution in [0, 0.1) is 0 Å². The molecule has 142 valence electrons. The third-order valence-corrected chi connectivity index (χ3v) is 6.02. The number of para-hydroxylation sites is 1. The monoisotopic (exact) mass is 382 g/mol. The second-order valence-corrected chi connectivity index (χ2v) is 8.15. The number of amides is 1. The molecule has 4 rings (SSSR count). The van der Waals surface area contributed by atoms with E-state index in [9.17, 15) is 4.79 Å². The molecule has 0 saturated carbocycles. The molecule has 5 nitrogen and oxygen atoms in total. The standard InChI is InChI=1S/C21H26N4OS/c26-20(22-9-8-16-13-23-19-7-3-2-6-18(16)19)12-17-15-27-21(24-17)14-25-10-4-1-5-11-25/h2-3,6-7,13,15,23H,1,4-5,8-12,14H2,(H,22,26). The number of likely N-dealkylation sites (tertiary alicyclic amines) is 1. The Balaban J connectivity index is 1.23. The highest BCUT2D eigenvalue weighted by molar-refractivity contribution is 7.09. The van der Waals surface area contributed by atoms with Gasteiger partial charge in [0.15, 0.2) is 0 Å². The molecule has 0 spiro atoms. The number of thiazole rings is 1. The molecule has 0 atom stereocenters. The Morgan fingerprint density at radius 1 is 1.22 bits per heavy atom. The predicted octanol–water partition coefficient (Wildman–Crippen LogP) is 3.51. The molecule has 1 amide bonds. The number of hydrogen-bond donors (Lipinski definition) is 2. The predicted molar refractivity (Wildman–Crippen MR) is 110 cm³/mol. The fraction of sp³-hybridized carbons (Fsp3) is 0.429. The summed E-state index contributed by atoms with van der Waals surface area (Å²) in [6, 6.07) is 8.25. The molecule has 3 heterocycles. The second-order valence-electron chi connectivity index (χ2n) is 7.21. The zero-order chi connectivity index (χ0) is 18.5. The van der Waals surface area contributed by atoms with Gasteiger partial charge in [-0.15, -0.1) is 11.3 Å². The molecule has 0 aliphatic carbocycles. The number of benzene rings is 1. The average molecular weight is 383 g/mol. The van der Waals surface area contributed by atoms with Crippen LogP contribution in [0.2, 0.25) is 0 Å². The molecule has 1 aliphatic heterocycles. The lowest BCUT2D eigenvalue weighted by molar-refractivity contribution is -0.120. The zero-order valence-corrected chi connectivity index (χ0v) is 16.4. The van der Waals surface area contributed by atoms with Gasteiger partial charge >= 0.3 is 0 Å². The highest BCUT2D eigenvalue weighted by atomic mass is 32.1. The van der Waals surface area contributed by atoms with E-state index in [2.05, 4.69) is 32.3 Å². The number of nitrogens with one attached hydrogen (secondary N) is 2. The number of carbonyl (C=O) groups excluding carboxylic acids is 1. The smallest absolute Gasteiger partial charge is 0.226 e. The minimum Gasteiger partial charge on any atom is -0.361 e. The summed E-state index contributed by atoms with van der Waals surface area (Å²) in [5.41, 5.74) is 3.27.